The highest BCUT2D eigenvalue weighted by Crippen LogP contribution is 2.49. The molecule has 1 fully saturated rings. The van der Waals surface area contributed by atoms with E-state index in [1.165, 1.54) is 10.5 Å². The zero-order valence-electron chi connectivity index (χ0n) is 13.1. The zero-order chi connectivity index (χ0) is 15.2. The predicted octanol–water partition coefficient (Wildman–Crippen LogP) is -1.24. The third-order valence-electron chi connectivity index (χ3n) is 5.12. The number of rotatable bonds is 1. The Morgan fingerprint density at radius 1 is 1.09 bits per heavy atom. The minimum Gasteiger partial charge on any atom is -1.00 e. The molecule has 3 atom stereocenters. The minimum absolute atomic E-state index is 0. The fourth-order valence-electron chi connectivity index (χ4n) is 4.01. The Balaban J connectivity index is 0.00000156. The fourth-order valence-corrected chi connectivity index (χ4v) is 4.01. The monoisotopic (exact) mass is 329 g/mol. The highest BCUT2D eigenvalue weighted by Gasteiger charge is 2.54. The van der Waals surface area contributed by atoms with Gasteiger partial charge in [0.1, 0.15) is 0 Å². The molecule has 23 heavy (non-hydrogen) atoms. The maximum absolute atomic E-state index is 12.4. The first-order valence-electron chi connectivity index (χ1n) is 7.90. The molecule has 4 heteroatoms. The molecule has 3 unspecified atom stereocenters. The number of hydrogen-bond donors (Lipinski definition) is 1. The molecule has 4 rings (SSSR count). The van der Waals surface area contributed by atoms with Crippen LogP contribution in [0.5, 0.6) is 0 Å². The molecule has 1 N–H and O–H groups in total. The van der Waals surface area contributed by atoms with Crippen LogP contribution in [0.3, 0.4) is 0 Å². The molecule has 2 aromatic carbocycles. The van der Waals surface area contributed by atoms with Crippen molar-refractivity contribution in [1.29, 1.82) is 0 Å². The summed E-state index contributed by atoms with van der Waals surface area (Å²) in [4.78, 5) is 13.9. The van der Waals surface area contributed by atoms with Gasteiger partial charge in [0.05, 0.1) is 31.6 Å². The van der Waals surface area contributed by atoms with Gasteiger partial charge in [-0.15, -0.1) is 0 Å². The maximum Gasteiger partial charge on any atom is 0.339 e. The smallest absolute Gasteiger partial charge is 0.339 e. The third-order valence-corrected chi connectivity index (χ3v) is 5.12. The van der Waals surface area contributed by atoms with Gasteiger partial charge in [0.15, 0.2) is 5.60 Å². The average Bonchev–Trinajstić information content (AvgIpc) is 2.84. The standard InChI is InChI=1S/C19H19NO2.ClH/c1-20-12-11-19(17(13-20)14-7-3-2-4-8-14)16-10-6-5-9-15(16)18(21)22-19;/h2-10,17H,11-13H2,1H3;1H. The zero-order valence-corrected chi connectivity index (χ0v) is 13.8. The number of likely N-dealkylation sites (tertiary alicyclic amines) is 1. The molecule has 0 aromatic heterocycles. The van der Waals surface area contributed by atoms with E-state index in [0.717, 1.165) is 30.6 Å². The Kier molecular flexibility index (Phi) is 4.17. The van der Waals surface area contributed by atoms with Crippen LogP contribution in [-0.4, -0.2) is 26.1 Å². The lowest BCUT2D eigenvalue weighted by molar-refractivity contribution is -0.889. The Labute approximate surface area is 142 Å². The van der Waals surface area contributed by atoms with Crippen LogP contribution in [-0.2, 0) is 10.3 Å². The van der Waals surface area contributed by atoms with Crippen molar-refractivity contribution in [2.24, 2.45) is 0 Å². The maximum atomic E-state index is 12.4. The summed E-state index contributed by atoms with van der Waals surface area (Å²) in [5, 5.41) is 0. The van der Waals surface area contributed by atoms with Gasteiger partial charge in [-0.1, -0.05) is 48.5 Å². The Morgan fingerprint density at radius 2 is 1.78 bits per heavy atom. The van der Waals surface area contributed by atoms with Gasteiger partial charge in [-0.25, -0.2) is 4.79 Å². The molecule has 2 aromatic rings. The number of quaternary nitrogens is 1. The van der Waals surface area contributed by atoms with Crippen molar-refractivity contribution in [2.45, 2.75) is 17.9 Å². The molecular formula is C19H20ClNO2. The van der Waals surface area contributed by atoms with Gasteiger partial charge < -0.3 is 22.0 Å². The number of fused-ring (bicyclic) bond motifs is 2. The predicted molar refractivity (Wildman–Crippen MR) is 84.0 cm³/mol. The molecule has 2 heterocycles. The molecule has 2 aliphatic rings. The van der Waals surface area contributed by atoms with Gasteiger partial charge in [0, 0.05) is 12.0 Å². The molecule has 0 bridgehead atoms. The molecule has 1 saturated heterocycles. The first-order valence-corrected chi connectivity index (χ1v) is 7.90. The van der Waals surface area contributed by atoms with E-state index in [1.807, 2.05) is 24.3 Å². The van der Waals surface area contributed by atoms with Gasteiger partial charge in [-0.3, -0.25) is 0 Å². The normalized spacial score (nSPS) is 28.8. The average molecular weight is 330 g/mol. The summed E-state index contributed by atoms with van der Waals surface area (Å²) >= 11 is 0. The molecular weight excluding hydrogens is 310 g/mol. The molecule has 120 valence electrons. The Bertz CT molecular complexity index is 718. The Hall–Kier alpha value is -1.84. The largest absolute Gasteiger partial charge is 1.00 e. The van der Waals surface area contributed by atoms with E-state index in [9.17, 15) is 4.79 Å². The minimum atomic E-state index is -0.492. The van der Waals surface area contributed by atoms with Crippen LogP contribution in [0.1, 0.15) is 33.8 Å². The van der Waals surface area contributed by atoms with Crippen LogP contribution in [0, 0.1) is 0 Å². The van der Waals surface area contributed by atoms with Crippen molar-refractivity contribution in [1.82, 2.24) is 0 Å². The lowest BCUT2D eigenvalue weighted by Crippen LogP contribution is -3.11. The number of likely N-dealkylation sites (N-methyl/N-ethyl adjacent to an activating group) is 1. The lowest BCUT2D eigenvalue weighted by atomic mass is 9.72. The summed E-state index contributed by atoms with van der Waals surface area (Å²) in [5.41, 5.74) is 2.57. The van der Waals surface area contributed by atoms with Gasteiger partial charge in [-0.2, -0.15) is 0 Å². The number of halogens is 1. The summed E-state index contributed by atoms with van der Waals surface area (Å²) in [6, 6.07) is 18.3. The second-order valence-electron chi connectivity index (χ2n) is 6.45. The van der Waals surface area contributed by atoms with E-state index in [1.54, 1.807) is 0 Å². The highest BCUT2D eigenvalue weighted by molar-refractivity contribution is 5.95. The summed E-state index contributed by atoms with van der Waals surface area (Å²) in [5.74, 6) is 0.0335. The second-order valence-corrected chi connectivity index (χ2v) is 6.45. The number of carbonyl (C=O) groups is 1. The number of benzene rings is 2. The van der Waals surface area contributed by atoms with Crippen molar-refractivity contribution in [3.8, 4) is 0 Å². The molecule has 3 nitrogen and oxygen atoms in total. The second kappa shape index (κ2) is 5.99. The number of ether oxygens (including phenoxy) is 1. The number of piperidine rings is 1. The summed E-state index contributed by atoms with van der Waals surface area (Å²) in [6.07, 6.45) is 0.876. The fraction of sp³-hybridized carbons (Fsp3) is 0.316. The van der Waals surface area contributed by atoms with E-state index in [-0.39, 0.29) is 24.3 Å². The van der Waals surface area contributed by atoms with Crippen molar-refractivity contribution < 1.29 is 26.8 Å². The number of nitrogens with one attached hydrogen (secondary N) is 1. The molecule has 0 saturated carbocycles. The summed E-state index contributed by atoms with van der Waals surface area (Å²) in [6.45, 7) is 2.00. The van der Waals surface area contributed by atoms with Gasteiger partial charge in [0.25, 0.3) is 0 Å². The van der Waals surface area contributed by atoms with Crippen LogP contribution in [0.2, 0.25) is 0 Å². The first-order chi connectivity index (χ1) is 10.7. The molecule has 0 aliphatic carbocycles. The van der Waals surface area contributed by atoms with E-state index >= 15 is 0 Å². The van der Waals surface area contributed by atoms with E-state index in [0.29, 0.717) is 0 Å². The van der Waals surface area contributed by atoms with Crippen LogP contribution >= 0.6 is 0 Å². The van der Waals surface area contributed by atoms with Gasteiger partial charge in [-0.05, 0) is 11.6 Å². The molecule has 0 amide bonds. The number of esters is 1. The van der Waals surface area contributed by atoms with Gasteiger partial charge >= 0.3 is 5.97 Å². The van der Waals surface area contributed by atoms with Crippen molar-refractivity contribution in [3.63, 3.8) is 0 Å². The summed E-state index contributed by atoms with van der Waals surface area (Å²) < 4.78 is 6.02. The highest BCUT2D eigenvalue weighted by atomic mass is 35.5. The molecule has 1 spiro atoms. The van der Waals surface area contributed by atoms with E-state index in [2.05, 4.69) is 37.4 Å². The molecule has 2 aliphatic heterocycles. The number of hydrogen-bond acceptors (Lipinski definition) is 2. The van der Waals surface area contributed by atoms with Crippen LogP contribution < -0.4 is 17.3 Å². The third kappa shape index (κ3) is 2.44. The number of carbonyl (C=O) groups excluding carboxylic acids is 1. The Morgan fingerprint density at radius 3 is 2.57 bits per heavy atom. The summed E-state index contributed by atoms with van der Waals surface area (Å²) in [7, 11) is 2.21. The van der Waals surface area contributed by atoms with E-state index in [4.69, 9.17) is 4.74 Å². The van der Waals surface area contributed by atoms with Crippen LogP contribution in [0.4, 0.5) is 0 Å². The van der Waals surface area contributed by atoms with E-state index < -0.39 is 5.60 Å². The topological polar surface area (TPSA) is 30.7 Å². The van der Waals surface area contributed by atoms with Crippen molar-refractivity contribution in [2.75, 3.05) is 20.1 Å². The van der Waals surface area contributed by atoms with Gasteiger partial charge in [0.2, 0.25) is 0 Å². The quantitative estimate of drug-likeness (QED) is 0.664. The lowest BCUT2D eigenvalue weighted by Gasteiger charge is -2.42. The van der Waals surface area contributed by atoms with Crippen molar-refractivity contribution in [3.05, 3.63) is 71.3 Å². The van der Waals surface area contributed by atoms with Crippen molar-refractivity contribution >= 4 is 5.97 Å². The van der Waals surface area contributed by atoms with Crippen LogP contribution in [0.25, 0.3) is 0 Å². The van der Waals surface area contributed by atoms with Crippen LogP contribution in [0.15, 0.2) is 54.6 Å². The first kappa shape index (κ1) is 16.0. The SMILES string of the molecule is C[NH+]1CCC2(OC(=O)c3ccccc32)C(c2ccccc2)C1.[Cl-]. The molecule has 0 radical (unpaired) electrons.